The van der Waals surface area contributed by atoms with Crippen LogP contribution in [-0.2, 0) is 11.2 Å². The summed E-state index contributed by atoms with van der Waals surface area (Å²) in [4.78, 5) is 6.88. The van der Waals surface area contributed by atoms with Gasteiger partial charge in [0.1, 0.15) is 0 Å². The number of benzene rings is 1. The number of guanidine groups is 1. The highest BCUT2D eigenvalue weighted by Gasteiger charge is 2.22. The van der Waals surface area contributed by atoms with Crippen LogP contribution in [0.5, 0.6) is 0 Å². The molecule has 26 heavy (non-hydrogen) atoms. The lowest BCUT2D eigenvalue weighted by atomic mass is 10.1. The van der Waals surface area contributed by atoms with E-state index in [1.54, 1.807) is 7.11 Å². The first-order valence-electron chi connectivity index (χ1n) is 9.28. The third-order valence-corrected chi connectivity index (χ3v) is 4.95. The number of halogens is 1. The Bertz CT molecular complexity index is 536. The molecule has 2 rings (SSSR count). The van der Waals surface area contributed by atoms with Crippen LogP contribution in [0.2, 0.25) is 0 Å². The third kappa shape index (κ3) is 8.22. The number of nitrogens with one attached hydrogen (secondary N) is 2. The lowest BCUT2D eigenvalue weighted by Crippen LogP contribution is -2.46. The number of hydrogen-bond donors (Lipinski definition) is 2. The molecule has 1 aromatic rings. The van der Waals surface area contributed by atoms with E-state index in [-0.39, 0.29) is 29.6 Å². The van der Waals surface area contributed by atoms with Crippen LogP contribution in [0.3, 0.4) is 0 Å². The summed E-state index contributed by atoms with van der Waals surface area (Å²) < 4.78 is 5.44. The molecule has 1 aliphatic heterocycles. The Morgan fingerprint density at radius 3 is 2.65 bits per heavy atom. The highest BCUT2D eigenvalue weighted by molar-refractivity contribution is 14.0. The predicted octanol–water partition coefficient (Wildman–Crippen LogP) is 2.76. The monoisotopic (exact) mass is 474 g/mol. The summed E-state index contributed by atoms with van der Waals surface area (Å²) >= 11 is 0. The lowest BCUT2D eigenvalue weighted by Gasteiger charge is -2.25. The predicted molar refractivity (Wildman–Crippen MR) is 121 cm³/mol. The van der Waals surface area contributed by atoms with Crippen molar-refractivity contribution in [2.45, 2.75) is 32.3 Å². The second-order valence-electron chi connectivity index (χ2n) is 7.46. The maximum Gasteiger partial charge on any atom is 0.191 e. The van der Waals surface area contributed by atoms with Gasteiger partial charge in [0.25, 0.3) is 0 Å². The van der Waals surface area contributed by atoms with E-state index in [4.69, 9.17) is 4.74 Å². The normalized spacial score (nSPS) is 18.5. The van der Waals surface area contributed by atoms with Crippen LogP contribution >= 0.6 is 24.0 Å². The standard InChI is InChI=1S/C20H34N4O.HI/c1-20(2,25-4)16-23-19(21-3)22-14-18-11-13-24(15-18)12-10-17-8-6-5-7-9-17;/h5-9,18H,10-16H2,1-4H3,(H2,21,22,23);1H. The van der Waals surface area contributed by atoms with Crippen molar-refractivity contribution in [2.75, 3.05) is 46.9 Å². The van der Waals surface area contributed by atoms with Crippen molar-refractivity contribution in [3.05, 3.63) is 35.9 Å². The van der Waals surface area contributed by atoms with E-state index in [9.17, 15) is 0 Å². The smallest absolute Gasteiger partial charge is 0.191 e. The first kappa shape index (κ1) is 23.2. The molecular formula is C20H35IN4O. The molecule has 1 atom stereocenters. The maximum atomic E-state index is 5.44. The summed E-state index contributed by atoms with van der Waals surface area (Å²) in [6, 6.07) is 10.7. The highest BCUT2D eigenvalue weighted by Crippen LogP contribution is 2.16. The summed E-state index contributed by atoms with van der Waals surface area (Å²) in [5, 5.41) is 6.80. The zero-order valence-electron chi connectivity index (χ0n) is 16.6. The molecule has 1 unspecified atom stereocenters. The average Bonchev–Trinajstić information content (AvgIpc) is 3.09. The maximum absolute atomic E-state index is 5.44. The van der Waals surface area contributed by atoms with Crippen molar-refractivity contribution < 1.29 is 4.74 Å². The lowest BCUT2D eigenvalue weighted by molar-refractivity contribution is 0.0268. The minimum absolute atomic E-state index is 0. The van der Waals surface area contributed by atoms with Gasteiger partial charge < -0.3 is 20.3 Å². The highest BCUT2D eigenvalue weighted by atomic mass is 127. The number of hydrogen-bond acceptors (Lipinski definition) is 3. The molecule has 0 saturated carbocycles. The molecule has 0 bridgehead atoms. The molecule has 5 nitrogen and oxygen atoms in total. The molecule has 1 fully saturated rings. The van der Waals surface area contributed by atoms with Crippen LogP contribution in [0.1, 0.15) is 25.8 Å². The number of rotatable bonds is 8. The fourth-order valence-electron chi connectivity index (χ4n) is 3.04. The van der Waals surface area contributed by atoms with E-state index < -0.39 is 0 Å². The van der Waals surface area contributed by atoms with E-state index in [0.29, 0.717) is 5.92 Å². The van der Waals surface area contributed by atoms with E-state index in [1.807, 2.05) is 7.05 Å². The molecule has 6 heteroatoms. The summed E-state index contributed by atoms with van der Waals surface area (Å²) in [5.41, 5.74) is 1.23. The molecule has 1 aromatic carbocycles. The summed E-state index contributed by atoms with van der Waals surface area (Å²) in [6.07, 6.45) is 2.39. The summed E-state index contributed by atoms with van der Waals surface area (Å²) in [5.74, 6) is 1.54. The Morgan fingerprint density at radius 2 is 2.00 bits per heavy atom. The molecule has 1 aliphatic rings. The van der Waals surface area contributed by atoms with Gasteiger partial charge in [-0.2, -0.15) is 0 Å². The topological polar surface area (TPSA) is 48.9 Å². The first-order chi connectivity index (χ1) is 12.0. The van der Waals surface area contributed by atoms with Crippen molar-refractivity contribution in [2.24, 2.45) is 10.9 Å². The minimum Gasteiger partial charge on any atom is -0.377 e. The molecule has 2 N–H and O–H groups in total. The Balaban J connectivity index is 0.00000338. The van der Waals surface area contributed by atoms with Crippen LogP contribution in [0.15, 0.2) is 35.3 Å². The Hall–Kier alpha value is -0.860. The number of aliphatic imine (C=N–C) groups is 1. The van der Waals surface area contributed by atoms with Crippen molar-refractivity contribution in [1.29, 1.82) is 0 Å². The molecule has 0 aromatic heterocycles. The van der Waals surface area contributed by atoms with E-state index >= 15 is 0 Å². The zero-order valence-corrected chi connectivity index (χ0v) is 19.0. The number of ether oxygens (including phenoxy) is 1. The van der Waals surface area contributed by atoms with E-state index in [1.165, 1.54) is 25.1 Å². The molecular weight excluding hydrogens is 439 g/mol. The van der Waals surface area contributed by atoms with Crippen molar-refractivity contribution in [3.63, 3.8) is 0 Å². The van der Waals surface area contributed by atoms with Crippen LogP contribution < -0.4 is 10.6 Å². The Kier molecular flexibility index (Phi) is 10.5. The van der Waals surface area contributed by atoms with Gasteiger partial charge in [-0.3, -0.25) is 4.99 Å². The van der Waals surface area contributed by atoms with Gasteiger partial charge in [-0.25, -0.2) is 0 Å². The molecule has 0 amide bonds. The van der Waals surface area contributed by atoms with Gasteiger partial charge in [0.05, 0.1) is 5.60 Å². The summed E-state index contributed by atoms with van der Waals surface area (Å²) in [6.45, 7) is 9.34. The number of nitrogens with zero attached hydrogens (tertiary/aromatic N) is 2. The molecule has 1 saturated heterocycles. The SMILES string of the molecule is CN=C(NCC1CCN(CCc2ccccc2)C1)NCC(C)(C)OC.I. The van der Waals surface area contributed by atoms with E-state index in [0.717, 1.165) is 32.0 Å². The van der Waals surface area contributed by atoms with E-state index in [2.05, 4.69) is 64.7 Å². The first-order valence-corrected chi connectivity index (χ1v) is 9.28. The molecule has 0 aliphatic carbocycles. The van der Waals surface area contributed by atoms with Crippen molar-refractivity contribution in [3.8, 4) is 0 Å². The molecule has 0 spiro atoms. The average molecular weight is 474 g/mol. The van der Waals surface area contributed by atoms with Gasteiger partial charge >= 0.3 is 0 Å². The van der Waals surface area contributed by atoms with Gasteiger partial charge in [-0.1, -0.05) is 30.3 Å². The van der Waals surface area contributed by atoms with Crippen LogP contribution in [0.4, 0.5) is 0 Å². The second-order valence-corrected chi connectivity index (χ2v) is 7.46. The van der Waals surface area contributed by atoms with Crippen molar-refractivity contribution in [1.82, 2.24) is 15.5 Å². The Labute approximate surface area is 176 Å². The van der Waals surface area contributed by atoms with Gasteiger partial charge in [0, 0.05) is 40.3 Å². The van der Waals surface area contributed by atoms with Crippen LogP contribution in [0, 0.1) is 5.92 Å². The Morgan fingerprint density at radius 1 is 1.27 bits per heavy atom. The van der Waals surface area contributed by atoms with Gasteiger partial charge in [0.2, 0.25) is 0 Å². The van der Waals surface area contributed by atoms with Gasteiger partial charge in [-0.15, -0.1) is 24.0 Å². The van der Waals surface area contributed by atoms with Crippen LogP contribution in [-0.4, -0.2) is 63.3 Å². The quantitative estimate of drug-likeness (QED) is 0.346. The largest absolute Gasteiger partial charge is 0.377 e. The molecule has 1 heterocycles. The van der Waals surface area contributed by atoms with Gasteiger partial charge in [0.15, 0.2) is 5.96 Å². The summed E-state index contributed by atoms with van der Waals surface area (Å²) in [7, 11) is 3.55. The fraction of sp³-hybridized carbons (Fsp3) is 0.650. The second kappa shape index (κ2) is 11.8. The third-order valence-electron chi connectivity index (χ3n) is 4.95. The number of likely N-dealkylation sites (tertiary alicyclic amines) is 1. The molecule has 148 valence electrons. The fourth-order valence-corrected chi connectivity index (χ4v) is 3.04. The zero-order chi connectivity index (χ0) is 18.1. The minimum atomic E-state index is -0.195. The molecule has 0 radical (unpaired) electrons. The van der Waals surface area contributed by atoms with Crippen molar-refractivity contribution >= 4 is 29.9 Å². The number of methoxy groups -OCH3 is 1. The van der Waals surface area contributed by atoms with Gasteiger partial charge in [-0.05, 0) is 44.7 Å². The van der Waals surface area contributed by atoms with Crippen LogP contribution in [0.25, 0.3) is 0 Å².